The number of carboxylic acid groups (broad SMARTS) is 1. The zero-order valence-electron chi connectivity index (χ0n) is 12.3. The molecule has 5 heteroatoms. The molecule has 0 saturated heterocycles. The molecule has 0 unspecified atom stereocenters. The summed E-state index contributed by atoms with van der Waals surface area (Å²) < 4.78 is 10.9. The van der Waals surface area contributed by atoms with E-state index < -0.39 is 5.97 Å². The van der Waals surface area contributed by atoms with Crippen molar-refractivity contribution in [3.63, 3.8) is 0 Å². The van der Waals surface area contributed by atoms with Gasteiger partial charge in [0.2, 0.25) is 0 Å². The molecule has 0 aliphatic carbocycles. The van der Waals surface area contributed by atoms with Gasteiger partial charge in [0, 0.05) is 18.2 Å². The summed E-state index contributed by atoms with van der Waals surface area (Å²) in [5, 5.41) is 12.1. The van der Waals surface area contributed by atoms with E-state index in [0.717, 1.165) is 12.0 Å². The Morgan fingerprint density at radius 3 is 2.70 bits per heavy atom. The van der Waals surface area contributed by atoms with E-state index >= 15 is 0 Å². The van der Waals surface area contributed by atoms with E-state index in [1.807, 2.05) is 19.1 Å². The number of carboxylic acids is 1. The number of para-hydroxylation sites is 1. The number of aliphatic carboxylic acids is 1. The van der Waals surface area contributed by atoms with E-state index in [2.05, 4.69) is 19.2 Å². The lowest BCUT2D eigenvalue weighted by molar-refractivity contribution is -0.139. The first-order valence-electron chi connectivity index (χ1n) is 6.91. The van der Waals surface area contributed by atoms with E-state index in [0.29, 0.717) is 30.7 Å². The standard InChI is InChI=1S/C15H23NO4/c1-4-11(3)16-9-12-7-6-8-13(19-5-2)15(12)20-10-14(17)18/h6-8,11,16H,4-5,9-10H2,1-3H3,(H,17,18)/t11-/m1/s1. The van der Waals surface area contributed by atoms with Crippen LogP contribution in [0.1, 0.15) is 32.8 Å². The molecular weight excluding hydrogens is 258 g/mol. The minimum atomic E-state index is -1.00. The first kappa shape index (κ1) is 16.3. The Morgan fingerprint density at radius 1 is 1.35 bits per heavy atom. The second-order valence-electron chi connectivity index (χ2n) is 4.55. The topological polar surface area (TPSA) is 67.8 Å². The Kier molecular flexibility index (Phi) is 6.87. The summed E-state index contributed by atoms with van der Waals surface area (Å²) >= 11 is 0. The van der Waals surface area contributed by atoms with E-state index in [1.165, 1.54) is 0 Å². The largest absolute Gasteiger partial charge is 0.490 e. The smallest absolute Gasteiger partial charge is 0.341 e. The van der Waals surface area contributed by atoms with Crippen LogP contribution in [0.5, 0.6) is 11.5 Å². The molecule has 1 atom stereocenters. The number of nitrogens with one attached hydrogen (secondary N) is 1. The fourth-order valence-corrected chi connectivity index (χ4v) is 1.70. The van der Waals surface area contributed by atoms with Gasteiger partial charge in [-0.1, -0.05) is 19.1 Å². The summed E-state index contributed by atoms with van der Waals surface area (Å²) in [4.78, 5) is 10.7. The summed E-state index contributed by atoms with van der Waals surface area (Å²) in [6, 6.07) is 5.97. The van der Waals surface area contributed by atoms with Crippen LogP contribution in [0, 0.1) is 0 Å². The van der Waals surface area contributed by atoms with Crippen molar-refractivity contribution < 1.29 is 19.4 Å². The molecular formula is C15H23NO4. The van der Waals surface area contributed by atoms with Gasteiger partial charge in [-0.05, 0) is 26.3 Å². The van der Waals surface area contributed by atoms with Crippen LogP contribution < -0.4 is 14.8 Å². The Balaban J connectivity index is 2.89. The molecule has 0 heterocycles. The van der Waals surface area contributed by atoms with E-state index in [1.54, 1.807) is 6.07 Å². The average Bonchev–Trinajstić information content (AvgIpc) is 2.43. The molecule has 0 aromatic heterocycles. The van der Waals surface area contributed by atoms with Crippen molar-refractivity contribution in [2.45, 2.75) is 39.8 Å². The highest BCUT2D eigenvalue weighted by molar-refractivity contribution is 5.68. The van der Waals surface area contributed by atoms with Gasteiger partial charge in [0.1, 0.15) is 0 Å². The summed E-state index contributed by atoms with van der Waals surface area (Å²) in [5.41, 5.74) is 0.900. The van der Waals surface area contributed by atoms with Crippen LogP contribution in [-0.2, 0) is 11.3 Å². The Hall–Kier alpha value is -1.75. The molecule has 0 radical (unpaired) electrons. The molecule has 0 bridgehead atoms. The fraction of sp³-hybridized carbons (Fsp3) is 0.533. The second kappa shape index (κ2) is 8.43. The first-order valence-corrected chi connectivity index (χ1v) is 6.91. The zero-order chi connectivity index (χ0) is 15.0. The van der Waals surface area contributed by atoms with Crippen LogP contribution in [-0.4, -0.2) is 30.3 Å². The molecule has 5 nitrogen and oxygen atoms in total. The van der Waals surface area contributed by atoms with Crippen molar-refractivity contribution in [3.8, 4) is 11.5 Å². The number of ether oxygens (including phenoxy) is 2. The number of benzene rings is 1. The molecule has 0 spiro atoms. The van der Waals surface area contributed by atoms with E-state index in [-0.39, 0.29) is 6.61 Å². The van der Waals surface area contributed by atoms with Crippen LogP contribution in [0.3, 0.4) is 0 Å². The number of carbonyl (C=O) groups is 1. The van der Waals surface area contributed by atoms with Gasteiger partial charge < -0.3 is 19.9 Å². The maximum atomic E-state index is 10.7. The molecule has 0 aliphatic heterocycles. The number of hydrogen-bond donors (Lipinski definition) is 2. The van der Waals surface area contributed by atoms with Gasteiger partial charge in [0.25, 0.3) is 0 Å². The van der Waals surface area contributed by atoms with Gasteiger partial charge in [-0.15, -0.1) is 0 Å². The SMILES string of the molecule is CCOc1cccc(CN[C@H](C)CC)c1OCC(=O)O. The molecule has 20 heavy (non-hydrogen) atoms. The third-order valence-electron chi connectivity index (χ3n) is 2.95. The van der Waals surface area contributed by atoms with Gasteiger partial charge >= 0.3 is 5.97 Å². The zero-order valence-corrected chi connectivity index (χ0v) is 12.3. The Labute approximate surface area is 119 Å². The summed E-state index contributed by atoms with van der Waals surface area (Å²) in [7, 11) is 0. The second-order valence-corrected chi connectivity index (χ2v) is 4.55. The molecule has 1 aromatic carbocycles. The molecule has 0 amide bonds. The van der Waals surface area contributed by atoms with Crippen molar-refractivity contribution in [3.05, 3.63) is 23.8 Å². The minimum absolute atomic E-state index is 0.375. The Morgan fingerprint density at radius 2 is 2.10 bits per heavy atom. The van der Waals surface area contributed by atoms with Crippen LogP contribution >= 0.6 is 0 Å². The lowest BCUT2D eigenvalue weighted by atomic mass is 10.1. The predicted octanol–water partition coefficient (Wildman–Crippen LogP) is 2.44. The quantitative estimate of drug-likeness (QED) is 0.727. The number of hydrogen-bond acceptors (Lipinski definition) is 4. The molecule has 0 fully saturated rings. The molecule has 0 aliphatic rings. The van der Waals surface area contributed by atoms with Crippen molar-refractivity contribution in [2.75, 3.05) is 13.2 Å². The molecule has 1 aromatic rings. The molecule has 0 saturated carbocycles. The van der Waals surface area contributed by atoms with Crippen LogP contribution in [0.25, 0.3) is 0 Å². The maximum absolute atomic E-state index is 10.7. The average molecular weight is 281 g/mol. The summed E-state index contributed by atoms with van der Waals surface area (Å²) in [5.74, 6) is 0.0851. The fourth-order valence-electron chi connectivity index (χ4n) is 1.70. The highest BCUT2D eigenvalue weighted by Gasteiger charge is 2.13. The van der Waals surface area contributed by atoms with Gasteiger partial charge in [-0.25, -0.2) is 4.79 Å². The lowest BCUT2D eigenvalue weighted by Gasteiger charge is -2.17. The highest BCUT2D eigenvalue weighted by Crippen LogP contribution is 2.31. The maximum Gasteiger partial charge on any atom is 0.341 e. The normalized spacial score (nSPS) is 11.9. The lowest BCUT2D eigenvalue weighted by Crippen LogP contribution is -2.25. The van der Waals surface area contributed by atoms with Crippen LogP contribution in [0.15, 0.2) is 18.2 Å². The predicted molar refractivity (Wildman–Crippen MR) is 77.3 cm³/mol. The van der Waals surface area contributed by atoms with Crippen molar-refractivity contribution in [2.24, 2.45) is 0 Å². The van der Waals surface area contributed by atoms with Gasteiger partial charge in [0.05, 0.1) is 6.61 Å². The van der Waals surface area contributed by atoms with Crippen molar-refractivity contribution >= 4 is 5.97 Å². The minimum Gasteiger partial charge on any atom is -0.490 e. The first-order chi connectivity index (χ1) is 9.58. The summed E-state index contributed by atoms with van der Waals surface area (Å²) in [6.07, 6.45) is 1.02. The summed E-state index contributed by atoms with van der Waals surface area (Å²) in [6.45, 7) is 6.84. The molecule has 2 N–H and O–H groups in total. The Bertz CT molecular complexity index is 434. The van der Waals surface area contributed by atoms with Gasteiger partial charge in [0.15, 0.2) is 18.1 Å². The van der Waals surface area contributed by atoms with Crippen LogP contribution in [0.2, 0.25) is 0 Å². The van der Waals surface area contributed by atoms with E-state index in [4.69, 9.17) is 14.6 Å². The molecule has 1 rings (SSSR count). The third-order valence-corrected chi connectivity index (χ3v) is 2.95. The monoisotopic (exact) mass is 281 g/mol. The van der Waals surface area contributed by atoms with Crippen LogP contribution in [0.4, 0.5) is 0 Å². The highest BCUT2D eigenvalue weighted by atomic mass is 16.5. The van der Waals surface area contributed by atoms with Crippen molar-refractivity contribution in [1.82, 2.24) is 5.32 Å². The third kappa shape index (κ3) is 5.09. The van der Waals surface area contributed by atoms with Gasteiger partial charge in [-0.3, -0.25) is 0 Å². The molecule has 112 valence electrons. The van der Waals surface area contributed by atoms with Gasteiger partial charge in [-0.2, -0.15) is 0 Å². The van der Waals surface area contributed by atoms with Crippen molar-refractivity contribution in [1.29, 1.82) is 0 Å². The van der Waals surface area contributed by atoms with E-state index in [9.17, 15) is 4.79 Å². The number of rotatable bonds is 9.